The third-order valence-corrected chi connectivity index (χ3v) is 2.64. The third-order valence-electron chi connectivity index (χ3n) is 2.64. The van der Waals surface area contributed by atoms with Crippen LogP contribution in [0.1, 0.15) is 38.8 Å². The lowest BCUT2D eigenvalue weighted by Crippen LogP contribution is -2.17. The van der Waals surface area contributed by atoms with E-state index < -0.39 is 0 Å². The molecule has 0 saturated heterocycles. The molecule has 1 aromatic carbocycles. The normalized spacial score (nSPS) is 11.6. The molecule has 0 amide bonds. The molecule has 0 saturated carbocycles. The second-order valence-electron chi connectivity index (χ2n) is 5.07. The van der Waals surface area contributed by atoms with Gasteiger partial charge in [0.25, 0.3) is 0 Å². The van der Waals surface area contributed by atoms with Gasteiger partial charge in [-0.15, -0.1) is 0 Å². The summed E-state index contributed by atoms with van der Waals surface area (Å²) in [4.78, 5) is 0. The van der Waals surface area contributed by atoms with Gasteiger partial charge in [-0.25, -0.2) is 0 Å². The fraction of sp³-hybridized carbons (Fsp3) is 0.571. The van der Waals surface area contributed by atoms with Crippen LogP contribution in [-0.4, -0.2) is 13.2 Å². The lowest BCUT2D eigenvalue weighted by atomic mass is 9.85. The van der Waals surface area contributed by atoms with E-state index in [0.29, 0.717) is 13.2 Å². The highest BCUT2D eigenvalue weighted by molar-refractivity contribution is 5.41. The van der Waals surface area contributed by atoms with Crippen LogP contribution in [0.4, 0.5) is 0 Å². The number of rotatable bonds is 4. The molecule has 0 atom stereocenters. The lowest BCUT2D eigenvalue weighted by molar-refractivity contribution is 0.318. The first kappa shape index (κ1) is 13.0. The van der Waals surface area contributed by atoms with Crippen LogP contribution in [0.5, 0.6) is 5.75 Å². The standard InChI is InChI=1S/C14H23NO/c1-5-11-6-7-13(16-9-8-15)12(10-11)14(2,3)4/h6-7,10H,5,8-9,15H2,1-4H3. The van der Waals surface area contributed by atoms with Crippen LogP contribution in [0.3, 0.4) is 0 Å². The zero-order chi connectivity index (χ0) is 12.2. The summed E-state index contributed by atoms with van der Waals surface area (Å²) < 4.78 is 5.69. The second-order valence-corrected chi connectivity index (χ2v) is 5.07. The molecule has 0 aliphatic heterocycles. The Labute approximate surface area is 98.8 Å². The fourth-order valence-corrected chi connectivity index (χ4v) is 1.68. The lowest BCUT2D eigenvalue weighted by Gasteiger charge is -2.23. The van der Waals surface area contributed by atoms with E-state index in [4.69, 9.17) is 10.5 Å². The molecule has 0 spiro atoms. The maximum absolute atomic E-state index is 5.69. The van der Waals surface area contributed by atoms with E-state index in [9.17, 15) is 0 Å². The predicted molar refractivity (Wildman–Crippen MR) is 69.1 cm³/mol. The van der Waals surface area contributed by atoms with Crippen molar-refractivity contribution in [2.24, 2.45) is 5.73 Å². The van der Waals surface area contributed by atoms with Crippen molar-refractivity contribution in [3.8, 4) is 5.75 Å². The Bertz CT molecular complexity index is 339. The second kappa shape index (κ2) is 5.35. The van der Waals surface area contributed by atoms with Crippen LogP contribution in [-0.2, 0) is 11.8 Å². The van der Waals surface area contributed by atoms with Gasteiger partial charge in [0.1, 0.15) is 12.4 Å². The highest BCUT2D eigenvalue weighted by Gasteiger charge is 2.19. The highest BCUT2D eigenvalue weighted by atomic mass is 16.5. The van der Waals surface area contributed by atoms with Crippen LogP contribution in [0.25, 0.3) is 0 Å². The number of hydrogen-bond acceptors (Lipinski definition) is 2. The Balaban J connectivity index is 3.06. The summed E-state index contributed by atoms with van der Waals surface area (Å²) in [5, 5.41) is 0. The molecule has 0 radical (unpaired) electrons. The van der Waals surface area contributed by atoms with E-state index >= 15 is 0 Å². The molecule has 2 nitrogen and oxygen atoms in total. The average Bonchev–Trinajstić information content (AvgIpc) is 2.25. The maximum Gasteiger partial charge on any atom is 0.123 e. The van der Waals surface area contributed by atoms with Crippen molar-refractivity contribution in [2.75, 3.05) is 13.2 Å². The molecule has 16 heavy (non-hydrogen) atoms. The van der Waals surface area contributed by atoms with Gasteiger partial charge in [-0.3, -0.25) is 0 Å². The molecule has 1 rings (SSSR count). The number of hydrogen-bond donors (Lipinski definition) is 1. The van der Waals surface area contributed by atoms with Gasteiger partial charge in [-0.2, -0.15) is 0 Å². The molecule has 0 aliphatic rings. The minimum absolute atomic E-state index is 0.106. The summed E-state index contributed by atoms with van der Waals surface area (Å²) in [6, 6.07) is 6.43. The Morgan fingerprint density at radius 2 is 1.94 bits per heavy atom. The van der Waals surface area contributed by atoms with E-state index in [1.807, 2.05) is 0 Å². The molecule has 0 heterocycles. The van der Waals surface area contributed by atoms with Crippen molar-refractivity contribution >= 4 is 0 Å². The van der Waals surface area contributed by atoms with E-state index in [1.165, 1.54) is 11.1 Å². The van der Waals surface area contributed by atoms with Crippen molar-refractivity contribution < 1.29 is 4.74 Å². The molecule has 0 aromatic heterocycles. The molecule has 0 fully saturated rings. The zero-order valence-corrected chi connectivity index (χ0v) is 10.8. The van der Waals surface area contributed by atoms with E-state index in [2.05, 4.69) is 45.9 Å². The monoisotopic (exact) mass is 221 g/mol. The first-order valence-electron chi connectivity index (χ1n) is 5.95. The minimum atomic E-state index is 0.106. The predicted octanol–water partition coefficient (Wildman–Crippen LogP) is 2.88. The Kier molecular flexibility index (Phi) is 4.36. The van der Waals surface area contributed by atoms with Gasteiger partial charge in [0, 0.05) is 6.54 Å². The van der Waals surface area contributed by atoms with Crippen molar-refractivity contribution in [2.45, 2.75) is 39.5 Å². The summed E-state index contributed by atoms with van der Waals surface area (Å²) in [5.41, 5.74) is 8.19. The molecule has 2 heteroatoms. The van der Waals surface area contributed by atoms with Gasteiger partial charge in [0.15, 0.2) is 0 Å². The molecular weight excluding hydrogens is 198 g/mol. The van der Waals surface area contributed by atoms with Crippen molar-refractivity contribution in [3.05, 3.63) is 29.3 Å². The summed E-state index contributed by atoms with van der Waals surface area (Å²) in [7, 11) is 0. The average molecular weight is 221 g/mol. The number of benzene rings is 1. The van der Waals surface area contributed by atoms with Gasteiger partial charge in [-0.1, -0.05) is 39.8 Å². The van der Waals surface area contributed by atoms with Gasteiger partial charge < -0.3 is 10.5 Å². The van der Waals surface area contributed by atoms with Crippen molar-refractivity contribution in [3.63, 3.8) is 0 Å². The SMILES string of the molecule is CCc1ccc(OCCN)c(C(C)(C)C)c1. The molecule has 0 bridgehead atoms. The molecule has 0 unspecified atom stereocenters. The third kappa shape index (κ3) is 3.24. The van der Waals surface area contributed by atoms with Crippen LogP contribution in [0, 0.1) is 0 Å². The van der Waals surface area contributed by atoms with Crippen LogP contribution < -0.4 is 10.5 Å². The Hall–Kier alpha value is -1.02. The summed E-state index contributed by atoms with van der Waals surface area (Å²) in [6.07, 6.45) is 1.06. The number of ether oxygens (including phenoxy) is 1. The highest BCUT2D eigenvalue weighted by Crippen LogP contribution is 2.32. The summed E-state index contributed by atoms with van der Waals surface area (Å²) >= 11 is 0. The molecule has 90 valence electrons. The Morgan fingerprint density at radius 1 is 1.25 bits per heavy atom. The molecular formula is C14H23NO. The Morgan fingerprint density at radius 3 is 2.44 bits per heavy atom. The molecule has 2 N–H and O–H groups in total. The van der Waals surface area contributed by atoms with Crippen molar-refractivity contribution in [1.29, 1.82) is 0 Å². The topological polar surface area (TPSA) is 35.2 Å². The van der Waals surface area contributed by atoms with Gasteiger partial charge >= 0.3 is 0 Å². The number of nitrogens with two attached hydrogens (primary N) is 1. The number of aryl methyl sites for hydroxylation is 1. The van der Waals surface area contributed by atoms with E-state index in [0.717, 1.165) is 12.2 Å². The fourth-order valence-electron chi connectivity index (χ4n) is 1.68. The van der Waals surface area contributed by atoms with Crippen molar-refractivity contribution in [1.82, 2.24) is 0 Å². The summed E-state index contributed by atoms with van der Waals surface area (Å²) in [6.45, 7) is 9.92. The van der Waals surface area contributed by atoms with Crippen LogP contribution in [0.15, 0.2) is 18.2 Å². The first-order valence-corrected chi connectivity index (χ1v) is 5.95. The van der Waals surface area contributed by atoms with E-state index in [1.54, 1.807) is 0 Å². The van der Waals surface area contributed by atoms with Gasteiger partial charge in [-0.05, 0) is 29.0 Å². The van der Waals surface area contributed by atoms with Crippen LogP contribution in [0.2, 0.25) is 0 Å². The summed E-state index contributed by atoms with van der Waals surface area (Å²) in [5.74, 6) is 0.968. The largest absolute Gasteiger partial charge is 0.492 e. The molecule has 0 aliphatic carbocycles. The molecule has 1 aromatic rings. The smallest absolute Gasteiger partial charge is 0.123 e. The first-order chi connectivity index (χ1) is 7.49. The van der Waals surface area contributed by atoms with E-state index in [-0.39, 0.29) is 5.41 Å². The van der Waals surface area contributed by atoms with Gasteiger partial charge in [0.2, 0.25) is 0 Å². The minimum Gasteiger partial charge on any atom is -0.492 e. The maximum atomic E-state index is 5.69. The van der Waals surface area contributed by atoms with Gasteiger partial charge in [0.05, 0.1) is 0 Å². The quantitative estimate of drug-likeness (QED) is 0.848. The van der Waals surface area contributed by atoms with Crippen LogP contribution >= 0.6 is 0 Å². The zero-order valence-electron chi connectivity index (χ0n) is 10.8.